The minimum atomic E-state index is 0.135. The third kappa shape index (κ3) is 2.59. The van der Waals surface area contributed by atoms with E-state index in [0.29, 0.717) is 0 Å². The van der Waals surface area contributed by atoms with Gasteiger partial charge in [0, 0.05) is 0 Å². The van der Waals surface area contributed by atoms with Crippen LogP contribution >= 0.6 is 0 Å². The topological polar surface area (TPSA) is 21.6 Å². The highest BCUT2D eigenvalue weighted by atomic mass is 16.6. The van der Waals surface area contributed by atoms with Crippen LogP contribution in [-0.4, -0.2) is 13.3 Å². The molecule has 1 rings (SSSR count). The minimum Gasteiger partial charge on any atom is -0.399 e. The molecule has 0 aliphatic carbocycles. The summed E-state index contributed by atoms with van der Waals surface area (Å²) in [7, 11) is 1.55. The van der Waals surface area contributed by atoms with Gasteiger partial charge < -0.3 is 4.84 Å². The van der Waals surface area contributed by atoms with Crippen LogP contribution in [0.25, 0.3) is 0 Å². The Morgan fingerprint density at radius 3 is 2.43 bits per heavy atom. The molecule has 0 saturated carbocycles. The summed E-state index contributed by atoms with van der Waals surface area (Å²) in [6.07, 6.45) is 1.75. The maximum absolute atomic E-state index is 4.68. The molecular weight excluding hydrogens is 174 g/mol. The second kappa shape index (κ2) is 4.27. The molecule has 0 aliphatic heterocycles. The van der Waals surface area contributed by atoms with Crippen LogP contribution < -0.4 is 0 Å². The molecule has 1 aromatic carbocycles. The molecule has 2 nitrogen and oxygen atoms in total. The van der Waals surface area contributed by atoms with Crippen molar-refractivity contribution in [2.24, 2.45) is 5.16 Å². The molecule has 14 heavy (non-hydrogen) atoms. The highest BCUT2D eigenvalue weighted by molar-refractivity contribution is 5.81. The SMILES string of the molecule is CON=Cc1ccccc1C(C)(C)C. The van der Waals surface area contributed by atoms with Gasteiger partial charge in [-0.15, -0.1) is 0 Å². The van der Waals surface area contributed by atoms with Crippen molar-refractivity contribution >= 4 is 6.21 Å². The van der Waals surface area contributed by atoms with Crippen LogP contribution in [0.5, 0.6) is 0 Å². The summed E-state index contributed by atoms with van der Waals surface area (Å²) in [5.41, 5.74) is 2.53. The van der Waals surface area contributed by atoms with Crippen molar-refractivity contribution in [2.75, 3.05) is 7.11 Å². The van der Waals surface area contributed by atoms with E-state index in [1.807, 2.05) is 18.2 Å². The van der Waals surface area contributed by atoms with Crippen LogP contribution in [0.3, 0.4) is 0 Å². The van der Waals surface area contributed by atoms with E-state index in [0.717, 1.165) is 5.56 Å². The monoisotopic (exact) mass is 191 g/mol. The van der Waals surface area contributed by atoms with Crippen LogP contribution in [0, 0.1) is 0 Å². The third-order valence-corrected chi connectivity index (χ3v) is 2.07. The molecule has 0 saturated heterocycles. The first-order valence-corrected chi connectivity index (χ1v) is 4.72. The first kappa shape index (κ1) is 10.8. The van der Waals surface area contributed by atoms with Gasteiger partial charge in [0.15, 0.2) is 0 Å². The van der Waals surface area contributed by atoms with Crippen molar-refractivity contribution in [3.8, 4) is 0 Å². The zero-order valence-electron chi connectivity index (χ0n) is 9.24. The van der Waals surface area contributed by atoms with Crippen molar-refractivity contribution in [3.63, 3.8) is 0 Å². The zero-order chi connectivity index (χ0) is 10.6. The first-order chi connectivity index (χ1) is 6.55. The lowest BCUT2D eigenvalue weighted by molar-refractivity contribution is 0.215. The van der Waals surface area contributed by atoms with Crippen LogP contribution in [-0.2, 0) is 10.3 Å². The van der Waals surface area contributed by atoms with Gasteiger partial charge in [-0.05, 0) is 16.5 Å². The molecule has 0 unspecified atom stereocenters. The lowest BCUT2D eigenvalue weighted by Crippen LogP contribution is -2.13. The van der Waals surface area contributed by atoms with Gasteiger partial charge in [0.2, 0.25) is 0 Å². The van der Waals surface area contributed by atoms with Gasteiger partial charge in [-0.3, -0.25) is 0 Å². The number of hydrogen-bond acceptors (Lipinski definition) is 2. The number of benzene rings is 1. The molecule has 1 aromatic rings. The second-order valence-electron chi connectivity index (χ2n) is 4.25. The second-order valence-corrected chi connectivity index (χ2v) is 4.25. The van der Waals surface area contributed by atoms with Gasteiger partial charge in [-0.25, -0.2) is 0 Å². The normalized spacial score (nSPS) is 12.0. The number of rotatable bonds is 2. The van der Waals surface area contributed by atoms with E-state index in [9.17, 15) is 0 Å². The Balaban J connectivity index is 3.10. The van der Waals surface area contributed by atoms with Gasteiger partial charge in [0.1, 0.15) is 7.11 Å². The fourth-order valence-electron chi connectivity index (χ4n) is 1.40. The smallest absolute Gasteiger partial charge is 0.106 e. The van der Waals surface area contributed by atoms with Crippen LogP contribution in [0.15, 0.2) is 29.4 Å². The predicted octanol–water partition coefficient (Wildman–Crippen LogP) is 2.96. The highest BCUT2D eigenvalue weighted by Crippen LogP contribution is 2.24. The van der Waals surface area contributed by atoms with Gasteiger partial charge in [0.25, 0.3) is 0 Å². The van der Waals surface area contributed by atoms with E-state index in [1.54, 1.807) is 13.3 Å². The Morgan fingerprint density at radius 2 is 1.86 bits per heavy atom. The molecule has 0 amide bonds. The molecular formula is C12H17NO. The lowest BCUT2D eigenvalue weighted by atomic mass is 9.84. The quantitative estimate of drug-likeness (QED) is 0.520. The number of nitrogens with zero attached hydrogens (tertiary/aromatic N) is 1. The molecule has 0 N–H and O–H groups in total. The summed E-state index contributed by atoms with van der Waals surface area (Å²) >= 11 is 0. The largest absolute Gasteiger partial charge is 0.399 e. The maximum Gasteiger partial charge on any atom is 0.106 e. The summed E-state index contributed by atoms with van der Waals surface area (Å²) in [6, 6.07) is 8.22. The van der Waals surface area contributed by atoms with Crippen molar-refractivity contribution in [1.29, 1.82) is 0 Å². The standard InChI is InChI=1S/C12H17NO/c1-12(2,3)11-8-6-5-7-10(11)9-13-14-4/h5-9H,1-4H3. The fraction of sp³-hybridized carbons (Fsp3) is 0.417. The van der Waals surface area contributed by atoms with E-state index in [2.05, 4.69) is 36.8 Å². The minimum absolute atomic E-state index is 0.135. The molecule has 0 spiro atoms. The lowest BCUT2D eigenvalue weighted by Gasteiger charge is -2.21. The molecule has 0 aliphatic rings. The molecule has 2 heteroatoms. The fourth-order valence-corrected chi connectivity index (χ4v) is 1.40. The number of oxime groups is 1. The molecule has 0 aromatic heterocycles. The van der Waals surface area contributed by atoms with E-state index in [4.69, 9.17) is 0 Å². The van der Waals surface area contributed by atoms with E-state index in [-0.39, 0.29) is 5.41 Å². The first-order valence-electron chi connectivity index (χ1n) is 4.72. The van der Waals surface area contributed by atoms with Gasteiger partial charge >= 0.3 is 0 Å². The zero-order valence-corrected chi connectivity index (χ0v) is 9.24. The predicted molar refractivity (Wildman–Crippen MR) is 59.7 cm³/mol. The van der Waals surface area contributed by atoms with Gasteiger partial charge in [-0.2, -0.15) is 0 Å². The molecule has 76 valence electrons. The van der Waals surface area contributed by atoms with Crippen LogP contribution in [0.1, 0.15) is 31.9 Å². The van der Waals surface area contributed by atoms with Crippen molar-refractivity contribution < 1.29 is 4.84 Å². The Morgan fingerprint density at radius 1 is 1.21 bits per heavy atom. The van der Waals surface area contributed by atoms with Gasteiger partial charge in [0.05, 0.1) is 6.21 Å². The molecule has 0 atom stereocenters. The molecule has 0 radical (unpaired) electrons. The highest BCUT2D eigenvalue weighted by Gasteiger charge is 2.16. The van der Waals surface area contributed by atoms with Crippen molar-refractivity contribution in [3.05, 3.63) is 35.4 Å². The number of hydrogen-bond donors (Lipinski definition) is 0. The van der Waals surface area contributed by atoms with E-state index in [1.165, 1.54) is 5.56 Å². The van der Waals surface area contributed by atoms with Crippen LogP contribution in [0.2, 0.25) is 0 Å². The van der Waals surface area contributed by atoms with Gasteiger partial charge in [-0.1, -0.05) is 50.2 Å². The summed E-state index contributed by atoms with van der Waals surface area (Å²) in [6.45, 7) is 6.56. The molecule has 0 bridgehead atoms. The Hall–Kier alpha value is -1.31. The van der Waals surface area contributed by atoms with E-state index < -0.39 is 0 Å². The molecule has 0 heterocycles. The Labute approximate surface area is 85.6 Å². The summed E-state index contributed by atoms with van der Waals surface area (Å²) in [5, 5.41) is 3.79. The Bertz CT molecular complexity index is 323. The van der Waals surface area contributed by atoms with Crippen molar-refractivity contribution in [2.45, 2.75) is 26.2 Å². The summed E-state index contributed by atoms with van der Waals surface area (Å²) < 4.78 is 0. The maximum atomic E-state index is 4.68. The van der Waals surface area contributed by atoms with Crippen molar-refractivity contribution in [1.82, 2.24) is 0 Å². The average Bonchev–Trinajstić information content (AvgIpc) is 2.14. The van der Waals surface area contributed by atoms with Crippen LogP contribution in [0.4, 0.5) is 0 Å². The third-order valence-electron chi connectivity index (χ3n) is 2.07. The summed E-state index contributed by atoms with van der Waals surface area (Å²) in [4.78, 5) is 4.68. The average molecular weight is 191 g/mol. The Kier molecular flexibility index (Phi) is 3.28. The van der Waals surface area contributed by atoms with E-state index >= 15 is 0 Å². The summed E-state index contributed by atoms with van der Waals surface area (Å²) in [5.74, 6) is 0. The molecule has 0 fully saturated rings.